The van der Waals surface area contributed by atoms with E-state index in [1.165, 1.54) is 25.7 Å². The molecule has 110 valence electrons. The monoisotopic (exact) mass is 268 g/mol. The molecule has 0 aliphatic rings. The van der Waals surface area contributed by atoms with Crippen LogP contribution in [-0.2, 0) is 6.54 Å². The number of anilines is 1. The fraction of sp³-hybridized carbons (Fsp3) is 0.857. The van der Waals surface area contributed by atoms with Crippen LogP contribution < -0.4 is 10.6 Å². The number of rotatable bonds is 10. The topological polar surface area (TPSA) is 63.0 Å². The molecule has 0 amide bonds. The van der Waals surface area contributed by atoms with Crippen LogP contribution in [0.5, 0.6) is 0 Å². The van der Waals surface area contributed by atoms with Crippen molar-refractivity contribution in [2.45, 2.75) is 59.9 Å². The van der Waals surface area contributed by atoms with E-state index >= 15 is 0 Å². The van der Waals surface area contributed by atoms with Crippen LogP contribution in [0.4, 0.5) is 6.01 Å². The number of aromatic nitrogens is 2. The molecule has 0 radical (unpaired) electrons. The highest BCUT2D eigenvalue weighted by Gasteiger charge is 2.18. The first-order valence-corrected chi connectivity index (χ1v) is 7.34. The molecule has 0 fully saturated rings. The minimum Gasteiger partial charge on any atom is -0.407 e. The molecule has 5 heteroatoms. The minimum atomic E-state index is 0.255. The Morgan fingerprint density at radius 1 is 1.16 bits per heavy atom. The summed E-state index contributed by atoms with van der Waals surface area (Å²) in [7, 11) is 0. The van der Waals surface area contributed by atoms with Gasteiger partial charge in [0.25, 0.3) is 0 Å². The van der Waals surface area contributed by atoms with Gasteiger partial charge in [-0.15, -0.1) is 5.10 Å². The molecule has 0 aliphatic carbocycles. The molecule has 0 aromatic carbocycles. The molecule has 1 aromatic heterocycles. The molecule has 0 aliphatic heterocycles. The molecular formula is C14H28N4O. The second-order valence-electron chi connectivity index (χ2n) is 5.76. The van der Waals surface area contributed by atoms with E-state index in [0.29, 0.717) is 18.5 Å². The minimum absolute atomic E-state index is 0.255. The number of nitrogens with one attached hydrogen (secondary N) is 2. The number of nitrogens with zero attached hydrogens (tertiary/aromatic N) is 2. The van der Waals surface area contributed by atoms with E-state index in [-0.39, 0.29) is 5.41 Å². The van der Waals surface area contributed by atoms with Gasteiger partial charge in [0.15, 0.2) is 0 Å². The summed E-state index contributed by atoms with van der Waals surface area (Å²) in [5, 5.41) is 14.4. The van der Waals surface area contributed by atoms with Crippen molar-refractivity contribution in [1.29, 1.82) is 0 Å². The van der Waals surface area contributed by atoms with Gasteiger partial charge in [0.1, 0.15) is 0 Å². The second kappa shape index (κ2) is 8.15. The summed E-state index contributed by atoms with van der Waals surface area (Å²) in [6, 6.07) is 0.525. The molecule has 5 nitrogen and oxygen atoms in total. The third-order valence-electron chi connectivity index (χ3n) is 3.17. The van der Waals surface area contributed by atoms with Crippen molar-refractivity contribution in [1.82, 2.24) is 15.5 Å². The van der Waals surface area contributed by atoms with E-state index in [9.17, 15) is 0 Å². The van der Waals surface area contributed by atoms with Gasteiger partial charge in [-0.3, -0.25) is 0 Å². The van der Waals surface area contributed by atoms with Crippen LogP contribution in [0.15, 0.2) is 4.42 Å². The van der Waals surface area contributed by atoms with E-state index < -0.39 is 0 Å². The predicted molar refractivity (Wildman–Crippen MR) is 78.1 cm³/mol. The van der Waals surface area contributed by atoms with Gasteiger partial charge >= 0.3 is 6.01 Å². The Kier molecular flexibility index (Phi) is 6.84. The lowest BCUT2D eigenvalue weighted by molar-refractivity contribution is 0.338. The standard InChI is InChI=1S/C14H28N4O/c1-5-7-8-9-14(3,4)11-16-13-18-17-12(19-13)10-15-6-2/h15H,5-11H2,1-4H3,(H,16,18). The maximum atomic E-state index is 5.51. The first-order valence-electron chi connectivity index (χ1n) is 7.34. The summed E-state index contributed by atoms with van der Waals surface area (Å²) in [6.07, 6.45) is 5.06. The number of hydrogen-bond donors (Lipinski definition) is 2. The van der Waals surface area contributed by atoms with Gasteiger partial charge in [-0.2, -0.15) is 0 Å². The van der Waals surface area contributed by atoms with E-state index in [0.717, 1.165) is 13.1 Å². The second-order valence-corrected chi connectivity index (χ2v) is 5.76. The van der Waals surface area contributed by atoms with Crippen molar-refractivity contribution in [2.24, 2.45) is 5.41 Å². The zero-order chi connectivity index (χ0) is 14.1. The van der Waals surface area contributed by atoms with Crippen LogP contribution in [-0.4, -0.2) is 23.3 Å². The molecule has 0 spiro atoms. The summed E-state index contributed by atoms with van der Waals surface area (Å²) in [5.41, 5.74) is 0.255. The van der Waals surface area contributed by atoms with Gasteiger partial charge in [0.2, 0.25) is 5.89 Å². The Hall–Kier alpha value is -1.10. The predicted octanol–water partition coefficient (Wildman–Crippen LogP) is 3.20. The quantitative estimate of drug-likeness (QED) is 0.638. The Bertz CT molecular complexity index is 349. The lowest BCUT2D eigenvalue weighted by Crippen LogP contribution is -2.23. The highest BCUT2D eigenvalue weighted by molar-refractivity contribution is 5.17. The van der Waals surface area contributed by atoms with E-state index in [4.69, 9.17) is 4.42 Å². The van der Waals surface area contributed by atoms with Gasteiger partial charge < -0.3 is 15.1 Å². The molecule has 0 unspecified atom stereocenters. The first-order chi connectivity index (χ1) is 9.07. The van der Waals surface area contributed by atoms with Crippen LogP contribution >= 0.6 is 0 Å². The fourth-order valence-electron chi connectivity index (χ4n) is 1.89. The zero-order valence-corrected chi connectivity index (χ0v) is 12.8. The summed E-state index contributed by atoms with van der Waals surface area (Å²) >= 11 is 0. The molecule has 1 aromatic rings. The Labute approximate surface area is 116 Å². The van der Waals surface area contributed by atoms with Gasteiger partial charge in [0, 0.05) is 6.54 Å². The maximum absolute atomic E-state index is 5.51. The van der Waals surface area contributed by atoms with E-state index in [2.05, 4.69) is 41.6 Å². The van der Waals surface area contributed by atoms with Gasteiger partial charge in [-0.1, -0.05) is 52.1 Å². The highest BCUT2D eigenvalue weighted by atomic mass is 16.4. The lowest BCUT2D eigenvalue weighted by Gasteiger charge is -2.24. The van der Waals surface area contributed by atoms with E-state index in [1.807, 2.05) is 6.92 Å². The molecule has 0 saturated carbocycles. The van der Waals surface area contributed by atoms with Gasteiger partial charge in [0.05, 0.1) is 6.54 Å². The van der Waals surface area contributed by atoms with Crippen molar-refractivity contribution < 1.29 is 4.42 Å². The lowest BCUT2D eigenvalue weighted by atomic mass is 9.87. The fourth-order valence-corrected chi connectivity index (χ4v) is 1.89. The zero-order valence-electron chi connectivity index (χ0n) is 12.8. The molecule has 1 rings (SSSR count). The van der Waals surface area contributed by atoms with Crippen molar-refractivity contribution in [3.05, 3.63) is 5.89 Å². The van der Waals surface area contributed by atoms with Crippen molar-refractivity contribution in [3.8, 4) is 0 Å². The van der Waals surface area contributed by atoms with Crippen molar-refractivity contribution in [2.75, 3.05) is 18.4 Å². The first kappa shape index (κ1) is 16.0. The van der Waals surface area contributed by atoms with Crippen LogP contribution in [0.3, 0.4) is 0 Å². The number of unbranched alkanes of at least 4 members (excludes halogenated alkanes) is 2. The SMILES string of the molecule is CCCCCC(C)(C)CNc1nnc(CNCC)o1. The molecule has 19 heavy (non-hydrogen) atoms. The van der Waals surface area contributed by atoms with Crippen LogP contribution in [0, 0.1) is 5.41 Å². The van der Waals surface area contributed by atoms with Crippen LogP contribution in [0.1, 0.15) is 59.3 Å². The van der Waals surface area contributed by atoms with Crippen molar-refractivity contribution in [3.63, 3.8) is 0 Å². The largest absolute Gasteiger partial charge is 0.407 e. The molecule has 1 heterocycles. The summed E-state index contributed by atoms with van der Waals surface area (Å²) < 4.78 is 5.51. The third kappa shape index (κ3) is 6.57. The smallest absolute Gasteiger partial charge is 0.315 e. The molecular weight excluding hydrogens is 240 g/mol. The maximum Gasteiger partial charge on any atom is 0.315 e. The van der Waals surface area contributed by atoms with Crippen molar-refractivity contribution >= 4 is 6.01 Å². The average Bonchev–Trinajstić information content (AvgIpc) is 2.82. The van der Waals surface area contributed by atoms with Crippen LogP contribution in [0.25, 0.3) is 0 Å². The third-order valence-corrected chi connectivity index (χ3v) is 3.17. The Balaban J connectivity index is 2.32. The van der Waals surface area contributed by atoms with Gasteiger partial charge in [-0.25, -0.2) is 0 Å². The molecule has 0 bridgehead atoms. The average molecular weight is 268 g/mol. The molecule has 0 saturated heterocycles. The Morgan fingerprint density at radius 3 is 2.63 bits per heavy atom. The van der Waals surface area contributed by atoms with E-state index in [1.54, 1.807) is 0 Å². The summed E-state index contributed by atoms with van der Waals surface area (Å²) in [5.74, 6) is 0.633. The van der Waals surface area contributed by atoms with Gasteiger partial charge in [-0.05, 0) is 18.4 Å². The molecule has 0 atom stereocenters. The summed E-state index contributed by atoms with van der Waals surface area (Å²) in [6.45, 7) is 11.2. The van der Waals surface area contributed by atoms with Crippen LogP contribution in [0.2, 0.25) is 0 Å². The molecule has 2 N–H and O–H groups in total. The highest BCUT2D eigenvalue weighted by Crippen LogP contribution is 2.24. The summed E-state index contributed by atoms with van der Waals surface area (Å²) in [4.78, 5) is 0. The normalized spacial score (nSPS) is 11.8. The Morgan fingerprint density at radius 2 is 1.95 bits per heavy atom. The number of hydrogen-bond acceptors (Lipinski definition) is 5.